The SMILES string of the molecule is CC.CC(C)(C)c1ccc2cc(O)ccc2c1. The van der Waals surface area contributed by atoms with E-state index in [0.29, 0.717) is 5.75 Å². The molecule has 0 spiro atoms. The van der Waals surface area contributed by atoms with Gasteiger partial charge in [0.1, 0.15) is 5.75 Å². The van der Waals surface area contributed by atoms with Crippen LogP contribution in [0.4, 0.5) is 0 Å². The van der Waals surface area contributed by atoms with Crippen LogP contribution >= 0.6 is 0 Å². The summed E-state index contributed by atoms with van der Waals surface area (Å²) < 4.78 is 0. The summed E-state index contributed by atoms with van der Waals surface area (Å²) in [5.41, 5.74) is 1.49. The Hall–Kier alpha value is -1.50. The molecule has 0 fully saturated rings. The first kappa shape index (κ1) is 13.6. The monoisotopic (exact) mass is 230 g/mol. The van der Waals surface area contributed by atoms with E-state index in [2.05, 4.69) is 39.0 Å². The summed E-state index contributed by atoms with van der Waals surface area (Å²) in [6.45, 7) is 10.6. The Morgan fingerprint density at radius 3 is 1.94 bits per heavy atom. The molecule has 2 rings (SSSR count). The van der Waals surface area contributed by atoms with E-state index in [4.69, 9.17) is 0 Å². The predicted molar refractivity (Wildman–Crippen MR) is 75.7 cm³/mol. The van der Waals surface area contributed by atoms with Crippen LogP contribution in [0.1, 0.15) is 40.2 Å². The molecular formula is C16H22O. The Kier molecular flexibility index (Phi) is 4.17. The largest absolute Gasteiger partial charge is 0.508 e. The van der Waals surface area contributed by atoms with Gasteiger partial charge in [-0.05, 0) is 33.9 Å². The fourth-order valence-electron chi connectivity index (χ4n) is 1.70. The summed E-state index contributed by atoms with van der Waals surface area (Å²) in [6, 6.07) is 11.9. The molecule has 1 N–H and O–H groups in total. The second-order valence-corrected chi connectivity index (χ2v) is 5.00. The minimum Gasteiger partial charge on any atom is -0.508 e. The summed E-state index contributed by atoms with van der Waals surface area (Å²) in [4.78, 5) is 0. The molecule has 0 amide bonds. The van der Waals surface area contributed by atoms with Gasteiger partial charge in [0.2, 0.25) is 0 Å². The van der Waals surface area contributed by atoms with Crippen LogP contribution in [0.3, 0.4) is 0 Å². The molecule has 0 aliphatic heterocycles. The van der Waals surface area contributed by atoms with Crippen LogP contribution in [0.5, 0.6) is 5.75 Å². The van der Waals surface area contributed by atoms with Crippen LogP contribution in [0.15, 0.2) is 36.4 Å². The normalized spacial score (nSPS) is 10.9. The molecule has 2 aromatic rings. The molecule has 0 radical (unpaired) electrons. The molecule has 0 saturated carbocycles. The van der Waals surface area contributed by atoms with Crippen LogP contribution in [0.2, 0.25) is 0 Å². The van der Waals surface area contributed by atoms with Gasteiger partial charge in [-0.2, -0.15) is 0 Å². The van der Waals surface area contributed by atoms with Gasteiger partial charge >= 0.3 is 0 Å². The number of phenols is 1. The summed E-state index contributed by atoms with van der Waals surface area (Å²) in [5.74, 6) is 0.325. The van der Waals surface area contributed by atoms with Gasteiger partial charge in [0.15, 0.2) is 0 Å². The first-order valence-corrected chi connectivity index (χ1v) is 6.20. The molecule has 1 heteroatoms. The van der Waals surface area contributed by atoms with E-state index in [1.807, 2.05) is 19.9 Å². The number of hydrogen-bond donors (Lipinski definition) is 1. The van der Waals surface area contributed by atoms with Gasteiger partial charge in [-0.3, -0.25) is 0 Å². The van der Waals surface area contributed by atoms with Gasteiger partial charge in [0, 0.05) is 0 Å². The molecule has 0 atom stereocenters. The molecular weight excluding hydrogens is 208 g/mol. The van der Waals surface area contributed by atoms with Gasteiger partial charge < -0.3 is 5.11 Å². The van der Waals surface area contributed by atoms with E-state index in [1.54, 1.807) is 12.1 Å². The maximum atomic E-state index is 9.36. The highest BCUT2D eigenvalue weighted by Crippen LogP contribution is 2.27. The first-order chi connectivity index (χ1) is 7.97. The van der Waals surface area contributed by atoms with Crippen molar-refractivity contribution in [1.82, 2.24) is 0 Å². The van der Waals surface area contributed by atoms with E-state index in [1.165, 1.54) is 10.9 Å². The van der Waals surface area contributed by atoms with Crippen molar-refractivity contribution in [3.63, 3.8) is 0 Å². The highest BCUT2D eigenvalue weighted by atomic mass is 16.3. The number of phenolic OH excluding ortho intramolecular Hbond substituents is 1. The zero-order valence-electron chi connectivity index (χ0n) is 11.4. The lowest BCUT2D eigenvalue weighted by Crippen LogP contribution is -2.10. The second kappa shape index (κ2) is 5.22. The van der Waals surface area contributed by atoms with Crippen molar-refractivity contribution in [1.29, 1.82) is 0 Å². The third-order valence-electron chi connectivity index (χ3n) is 2.69. The van der Waals surface area contributed by atoms with Crippen LogP contribution in [-0.2, 0) is 5.41 Å². The molecule has 0 bridgehead atoms. The molecule has 0 aromatic heterocycles. The molecule has 0 aliphatic carbocycles. The summed E-state index contributed by atoms with van der Waals surface area (Å²) in [5, 5.41) is 11.6. The smallest absolute Gasteiger partial charge is 0.116 e. The quantitative estimate of drug-likeness (QED) is 0.684. The fourth-order valence-corrected chi connectivity index (χ4v) is 1.70. The van der Waals surface area contributed by atoms with Crippen LogP contribution in [-0.4, -0.2) is 5.11 Å². The van der Waals surface area contributed by atoms with Crippen LogP contribution in [0, 0.1) is 0 Å². The average molecular weight is 230 g/mol. The highest BCUT2D eigenvalue weighted by Gasteiger charge is 2.13. The third-order valence-corrected chi connectivity index (χ3v) is 2.69. The molecule has 1 nitrogen and oxygen atoms in total. The number of fused-ring (bicyclic) bond motifs is 1. The van der Waals surface area contributed by atoms with E-state index in [0.717, 1.165) is 5.39 Å². The Morgan fingerprint density at radius 1 is 0.824 bits per heavy atom. The van der Waals surface area contributed by atoms with Crippen molar-refractivity contribution in [2.75, 3.05) is 0 Å². The standard InChI is InChI=1S/C14H16O.C2H6/c1-14(2,3)12-6-4-11-9-13(15)7-5-10(11)8-12;1-2/h4-9,15H,1-3H3;1-2H3. The molecule has 0 aliphatic rings. The molecule has 0 saturated heterocycles. The lowest BCUT2D eigenvalue weighted by atomic mass is 9.86. The zero-order chi connectivity index (χ0) is 13.1. The first-order valence-electron chi connectivity index (χ1n) is 6.20. The van der Waals surface area contributed by atoms with Gasteiger partial charge in [-0.1, -0.05) is 58.9 Å². The minimum atomic E-state index is 0.173. The van der Waals surface area contributed by atoms with Crippen LogP contribution < -0.4 is 0 Å². The molecule has 92 valence electrons. The molecule has 2 aromatic carbocycles. The van der Waals surface area contributed by atoms with Crippen molar-refractivity contribution >= 4 is 10.8 Å². The van der Waals surface area contributed by atoms with E-state index in [9.17, 15) is 5.11 Å². The minimum absolute atomic E-state index is 0.173. The fraction of sp³-hybridized carbons (Fsp3) is 0.375. The van der Waals surface area contributed by atoms with Crippen molar-refractivity contribution < 1.29 is 5.11 Å². The van der Waals surface area contributed by atoms with Gasteiger partial charge in [0.25, 0.3) is 0 Å². The lowest BCUT2D eigenvalue weighted by molar-refractivity contribution is 0.476. The van der Waals surface area contributed by atoms with Crippen molar-refractivity contribution in [2.24, 2.45) is 0 Å². The van der Waals surface area contributed by atoms with Gasteiger partial charge in [-0.25, -0.2) is 0 Å². The predicted octanol–water partition coefficient (Wildman–Crippen LogP) is 4.87. The maximum Gasteiger partial charge on any atom is 0.116 e. The average Bonchev–Trinajstić information content (AvgIpc) is 2.29. The third kappa shape index (κ3) is 3.23. The van der Waals surface area contributed by atoms with E-state index >= 15 is 0 Å². The Balaban J connectivity index is 0.000000686. The summed E-state index contributed by atoms with van der Waals surface area (Å²) in [7, 11) is 0. The zero-order valence-corrected chi connectivity index (χ0v) is 11.4. The topological polar surface area (TPSA) is 20.2 Å². The Bertz CT molecular complexity index is 492. The Morgan fingerprint density at radius 2 is 1.35 bits per heavy atom. The van der Waals surface area contributed by atoms with E-state index in [-0.39, 0.29) is 5.41 Å². The summed E-state index contributed by atoms with van der Waals surface area (Å²) >= 11 is 0. The van der Waals surface area contributed by atoms with Gasteiger partial charge in [-0.15, -0.1) is 0 Å². The molecule has 0 unspecified atom stereocenters. The van der Waals surface area contributed by atoms with Crippen molar-refractivity contribution in [3.05, 3.63) is 42.0 Å². The number of benzene rings is 2. The number of aromatic hydroxyl groups is 1. The second-order valence-electron chi connectivity index (χ2n) is 5.00. The van der Waals surface area contributed by atoms with E-state index < -0.39 is 0 Å². The molecule has 17 heavy (non-hydrogen) atoms. The van der Waals surface area contributed by atoms with Crippen molar-refractivity contribution in [2.45, 2.75) is 40.0 Å². The molecule has 0 heterocycles. The Labute approximate surface area is 104 Å². The maximum absolute atomic E-state index is 9.36. The van der Waals surface area contributed by atoms with Crippen LogP contribution in [0.25, 0.3) is 10.8 Å². The van der Waals surface area contributed by atoms with Crippen molar-refractivity contribution in [3.8, 4) is 5.75 Å². The van der Waals surface area contributed by atoms with Gasteiger partial charge in [0.05, 0.1) is 0 Å². The lowest BCUT2D eigenvalue weighted by Gasteiger charge is -2.19. The number of hydrogen-bond acceptors (Lipinski definition) is 1. The highest BCUT2D eigenvalue weighted by molar-refractivity contribution is 5.84. The number of rotatable bonds is 0. The summed E-state index contributed by atoms with van der Waals surface area (Å²) in [6.07, 6.45) is 0.